The molecule has 1 aliphatic heterocycles. The smallest absolute Gasteiger partial charge is 0.226 e. The van der Waals surface area contributed by atoms with E-state index in [1.807, 2.05) is 62.4 Å². The lowest BCUT2D eigenvalue weighted by Crippen LogP contribution is -2.55. The number of aliphatic hydroxyl groups excluding tert-OH is 2. The van der Waals surface area contributed by atoms with Gasteiger partial charge in [0.2, 0.25) is 5.91 Å². The fraction of sp³-hybridized carbons (Fsp3) is 0.435. The number of benzene rings is 2. The van der Waals surface area contributed by atoms with Crippen LogP contribution in [0.3, 0.4) is 0 Å². The molecule has 0 aliphatic carbocycles. The molecule has 156 valence electrons. The summed E-state index contributed by atoms with van der Waals surface area (Å²) < 4.78 is 0. The summed E-state index contributed by atoms with van der Waals surface area (Å²) in [4.78, 5) is 15.1. The second kappa shape index (κ2) is 9.48. The van der Waals surface area contributed by atoms with Gasteiger partial charge in [0.05, 0.1) is 24.8 Å². The van der Waals surface area contributed by atoms with Gasteiger partial charge in [-0.15, -0.1) is 0 Å². The maximum absolute atomic E-state index is 13.3. The number of carbonyl (C=O) groups is 1. The van der Waals surface area contributed by atoms with Crippen molar-refractivity contribution in [2.75, 3.05) is 6.61 Å². The van der Waals surface area contributed by atoms with Crippen molar-refractivity contribution in [2.24, 2.45) is 5.92 Å². The number of halogens is 2. The third-order valence-corrected chi connectivity index (χ3v) is 6.35. The molecule has 1 heterocycles. The normalized spacial score (nSPS) is 24.4. The zero-order valence-electron chi connectivity index (χ0n) is 16.6. The first-order chi connectivity index (χ1) is 13.9. The Balaban J connectivity index is 2.16. The zero-order chi connectivity index (χ0) is 21.1. The van der Waals surface area contributed by atoms with Gasteiger partial charge in [-0.05, 0) is 48.2 Å². The fourth-order valence-corrected chi connectivity index (χ4v) is 4.77. The Bertz CT molecular complexity index is 842. The van der Waals surface area contributed by atoms with Crippen LogP contribution in [0.5, 0.6) is 0 Å². The van der Waals surface area contributed by atoms with Crippen molar-refractivity contribution in [3.05, 3.63) is 69.7 Å². The van der Waals surface area contributed by atoms with Crippen molar-refractivity contribution in [1.82, 2.24) is 4.90 Å². The molecule has 1 fully saturated rings. The number of piperidine rings is 1. The number of carbonyl (C=O) groups excluding carboxylic acids is 1. The second-order valence-corrected chi connectivity index (χ2v) is 8.64. The molecule has 1 amide bonds. The molecule has 0 bridgehead atoms. The highest BCUT2D eigenvalue weighted by molar-refractivity contribution is 6.30. The molecule has 1 saturated heterocycles. The van der Waals surface area contributed by atoms with Gasteiger partial charge in [0.25, 0.3) is 0 Å². The number of likely N-dealkylation sites (tertiary alicyclic amines) is 1. The molecule has 4 nitrogen and oxygen atoms in total. The maximum Gasteiger partial charge on any atom is 0.226 e. The largest absolute Gasteiger partial charge is 0.394 e. The van der Waals surface area contributed by atoms with Gasteiger partial charge in [-0.2, -0.15) is 0 Å². The number of amides is 1. The average Bonchev–Trinajstić information content (AvgIpc) is 2.72. The Labute approximate surface area is 182 Å². The molecular formula is C23H27Cl2NO3. The van der Waals surface area contributed by atoms with Crippen LogP contribution < -0.4 is 0 Å². The highest BCUT2D eigenvalue weighted by Crippen LogP contribution is 2.47. The highest BCUT2D eigenvalue weighted by atomic mass is 35.5. The van der Waals surface area contributed by atoms with E-state index in [0.29, 0.717) is 22.9 Å². The van der Waals surface area contributed by atoms with E-state index in [2.05, 4.69) is 0 Å². The van der Waals surface area contributed by atoms with Gasteiger partial charge in [-0.3, -0.25) is 4.79 Å². The lowest BCUT2D eigenvalue weighted by atomic mass is 9.75. The van der Waals surface area contributed by atoms with Crippen LogP contribution >= 0.6 is 23.2 Å². The molecule has 1 aliphatic rings. The Morgan fingerprint density at radius 2 is 1.79 bits per heavy atom. The van der Waals surface area contributed by atoms with E-state index in [1.54, 1.807) is 4.90 Å². The highest BCUT2D eigenvalue weighted by Gasteiger charge is 2.45. The van der Waals surface area contributed by atoms with Crippen LogP contribution in [0.4, 0.5) is 0 Å². The van der Waals surface area contributed by atoms with E-state index >= 15 is 0 Å². The average molecular weight is 436 g/mol. The Kier molecular flexibility index (Phi) is 7.23. The van der Waals surface area contributed by atoms with Crippen LogP contribution in [0, 0.1) is 5.92 Å². The van der Waals surface area contributed by atoms with Crippen molar-refractivity contribution in [1.29, 1.82) is 0 Å². The minimum atomic E-state index is -1.01. The summed E-state index contributed by atoms with van der Waals surface area (Å²) >= 11 is 12.4. The molecular weight excluding hydrogens is 409 g/mol. The second-order valence-electron chi connectivity index (χ2n) is 7.77. The molecule has 0 radical (unpaired) electrons. The van der Waals surface area contributed by atoms with E-state index in [4.69, 9.17) is 23.2 Å². The third-order valence-electron chi connectivity index (χ3n) is 5.86. The van der Waals surface area contributed by atoms with Crippen LogP contribution in [0.1, 0.15) is 49.8 Å². The van der Waals surface area contributed by atoms with E-state index in [0.717, 1.165) is 11.1 Å². The molecule has 6 heteroatoms. The molecule has 2 aromatic carbocycles. The number of rotatable bonds is 6. The van der Waals surface area contributed by atoms with Gasteiger partial charge < -0.3 is 15.1 Å². The van der Waals surface area contributed by atoms with Gasteiger partial charge in [-0.1, -0.05) is 61.3 Å². The van der Waals surface area contributed by atoms with Gasteiger partial charge in [0, 0.05) is 21.9 Å². The third kappa shape index (κ3) is 4.61. The quantitative estimate of drug-likeness (QED) is 0.683. The Morgan fingerprint density at radius 3 is 2.38 bits per heavy atom. The summed E-state index contributed by atoms with van der Waals surface area (Å²) in [6.45, 7) is 3.44. The molecule has 2 N–H and O–H groups in total. The predicted molar refractivity (Wildman–Crippen MR) is 116 cm³/mol. The van der Waals surface area contributed by atoms with Gasteiger partial charge in [-0.25, -0.2) is 0 Å². The Morgan fingerprint density at radius 1 is 1.10 bits per heavy atom. The standard InChI is InChI=1S/C23H27Cl2NO3/c1-3-20(21(28)13-27)26-22(15-7-9-17(24)10-8-15)19(11-14(2)23(26)29)16-5-4-6-18(25)12-16/h4-10,12,14,19-22,27-28H,3,11,13H2,1-2H3/t14-,19-,20+,21-,22-/m1/s1. The lowest BCUT2D eigenvalue weighted by molar-refractivity contribution is -0.150. The van der Waals surface area contributed by atoms with E-state index in [-0.39, 0.29) is 23.8 Å². The number of nitrogens with zero attached hydrogens (tertiary/aromatic N) is 1. The maximum atomic E-state index is 13.3. The summed E-state index contributed by atoms with van der Waals surface area (Å²) in [5.74, 6) is -0.215. The first-order valence-corrected chi connectivity index (χ1v) is 10.7. The van der Waals surface area contributed by atoms with Gasteiger partial charge in [0.1, 0.15) is 0 Å². The molecule has 29 heavy (non-hydrogen) atoms. The van der Waals surface area contributed by atoms with Crippen molar-refractivity contribution in [3.8, 4) is 0 Å². The summed E-state index contributed by atoms with van der Waals surface area (Å²) in [6.07, 6.45) is 0.199. The number of aliphatic hydroxyl groups is 2. The SMILES string of the molecule is CC[C@@H]([C@H](O)CO)N1C(=O)[C@H](C)C[C@H](c2cccc(Cl)c2)[C@H]1c1ccc(Cl)cc1. The molecule has 0 unspecified atom stereocenters. The zero-order valence-corrected chi connectivity index (χ0v) is 18.1. The van der Waals surface area contributed by atoms with Crippen molar-refractivity contribution in [2.45, 2.75) is 50.8 Å². The lowest BCUT2D eigenvalue weighted by Gasteiger charge is -2.48. The molecule has 3 rings (SSSR count). The van der Waals surface area contributed by atoms with Crippen molar-refractivity contribution in [3.63, 3.8) is 0 Å². The van der Waals surface area contributed by atoms with Crippen LogP contribution in [0.25, 0.3) is 0 Å². The van der Waals surface area contributed by atoms with Crippen molar-refractivity contribution < 1.29 is 15.0 Å². The molecule has 0 spiro atoms. The van der Waals surface area contributed by atoms with Gasteiger partial charge in [0.15, 0.2) is 0 Å². The van der Waals surface area contributed by atoms with Crippen molar-refractivity contribution >= 4 is 29.1 Å². The minimum Gasteiger partial charge on any atom is -0.394 e. The van der Waals surface area contributed by atoms with E-state index in [9.17, 15) is 15.0 Å². The first-order valence-electron chi connectivity index (χ1n) is 9.99. The van der Waals surface area contributed by atoms with E-state index < -0.39 is 18.8 Å². The minimum absolute atomic E-state index is 0.00233. The predicted octanol–water partition coefficient (Wildman–Crippen LogP) is 4.82. The van der Waals surface area contributed by atoms with E-state index in [1.165, 1.54) is 0 Å². The Hall–Kier alpha value is -1.59. The topological polar surface area (TPSA) is 60.8 Å². The summed E-state index contributed by atoms with van der Waals surface area (Å²) in [7, 11) is 0. The summed E-state index contributed by atoms with van der Waals surface area (Å²) in [6, 6.07) is 14.4. The monoisotopic (exact) mass is 435 g/mol. The molecule has 2 aromatic rings. The molecule has 0 saturated carbocycles. The first kappa shape index (κ1) is 22.1. The molecule has 5 atom stereocenters. The van der Waals surface area contributed by atoms with Gasteiger partial charge >= 0.3 is 0 Å². The number of hydrogen-bond acceptors (Lipinski definition) is 3. The fourth-order valence-electron chi connectivity index (χ4n) is 4.45. The summed E-state index contributed by atoms with van der Waals surface area (Å²) in [5.41, 5.74) is 2.00. The van der Waals surface area contributed by atoms with Crippen LogP contribution in [-0.4, -0.2) is 39.8 Å². The molecule has 0 aromatic heterocycles. The summed E-state index contributed by atoms with van der Waals surface area (Å²) in [5, 5.41) is 21.4. The number of hydrogen-bond donors (Lipinski definition) is 2. The van der Waals surface area contributed by atoms with Crippen LogP contribution in [-0.2, 0) is 4.79 Å². The van der Waals surface area contributed by atoms with Crippen LogP contribution in [0.15, 0.2) is 48.5 Å². The van der Waals surface area contributed by atoms with Crippen LogP contribution in [0.2, 0.25) is 10.0 Å².